The number of fused-ring (bicyclic) bond motifs is 1. The van der Waals surface area contributed by atoms with Crippen molar-refractivity contribution in [3.8, 4) is 5.75 Å². The Kier molecular flexibility index (Phi) is 4.74. The average molecular weight is 308 g/mol. The Bertz CT molecular complexity index is 790. The van der Waals surface area contributed by atoms with Gasteiger partial charge in [0.1, 0.15) is 5.75 Å². The molecule has 3 aromatic rings. The molecule has 118 valence electrons. The van der Waals surface area contributed by atoms with Crippen LogP contribution in [0.25, 0.3) is 10.9 Å². The summed E-state index contributed by atoms with van der Waals surface area (Å²) in [7, 11) is 1.66. The Morgan fingerprint density at radius 3 is 2.70 bits per heavy atom. The Morgan fingerprint density at radius 2 is 1.91 bits per heavy atom. The summed E-state index contributed by atoms with van der Waals surface area (Å²) < 4.78 is 5.14. The molecule has 0 amide bonds. The third kappa shape index (κ3) is 3.60. The molecule has 0 unspecified atom stereocenters. The molecular formula is C19H20N2O2. The van der Waals surface area contributed by atoms with Crippen LogP contribution in [0, 0.1) is 0 Å². The first kappa shape index (κ1) is 15.3. The summed E-state index contributed by atoms with van der Waals surface area (Å²) in [4.78, 5) is 15.5. The maximum atomic E-state index is 12.3. The molecular weight excluding hydrogens is 288 g/mol. The first-order valence-electron chi connectivity index (χ1n) is 7.71. The number of hydrogen-bond donors (Lipinski definition) is 2. The van der Waals surface area contributed by atoms with Gasteiger partial charge in [0.25, 0.3) is 0 Å². The normalized spacial score (nSPS) is 10.8. The summed E-state index contributed by atoms with van der Waals surface area (Å²) >= 11 is 0. The van der Waals surface area contributed by atoms with E-state index in [2.05, 4.69) is 10.3 Å². The van der Waals surface area contributed by atoms with Crippen molar-refractivity contribution in [2.45, 2.75) is 6.42 Å². The quantitative estimate of drug-likeness (QED) is 0.520. The van der Waals surface area contributed by atoms with Crippen LogP contribution in [0.3, 0.4) is 0 Å². The second kappa shape index (κ2) is 7.11. The standard InChI is InChI=1S/C19H20N2O2/c1-23-15-8-6-14(7-9-15)10-11-20-13-19(22)17-12-21-18-5-3-2-4-16(17)18/h2-9,12,20-21H,10-11,13H2,1H3. The van der Waals surface area contributed by atoms with Gasteiger partial charge < -0.3 is 15.0 Å². The van der Waals surface area contributed by atoms with Crippen molar-refractivity contribution < 1.29 is 9.53 Å². The molecule has 0 aliphatic rings. The molecule has 4 heteroatoms. The van der Waals surface area contributed by atoms with Gasteiger partial charge in [-0.25, -0.2) is 0 Å². The monoisotopic (exact) mass is 308 g/mol. The third-order valence-corrected chi connectivity index (χ3v) is 3.92. The van der Waals surface area contributed by atoms with Crippen molar-refractivity contribution in [2.75, 3.05) is 20.2 Å². The molecule has 23 heavy (non-hydrogen) atoms. The molecule has 2 N–H and O–H groups in total. The number of methoxy groups -OCH3 is 1. The van der Waals surface area contributed by atoms with Gasteiger partial charge in [-0.05, 0) is 36.7 Å². The molecule has 0 spiro atoms. The number of aromatic amines is 1. The Labute approximate surface area is 135 Å². The van der Waals surface area contributed by atoms with E-state index < -0.39 is 0 Å². The third-order valence-electron chi connectivity index (χ3n) is 3.92. The summed E-state index contributed by atoms with van der Waals surface area (Å²) in [6.45, 7) is 1.11. The molecule has 0 saturated heterocycles. The minimum absolute atomic E-state index is 0.109. The molecule has 0 bridgehead atoms. The van der Waals surface area contributed by atoms with E-state index in [1.54, 1.807) is 13.3 Å². The minimum atomic E-state index is 0.109. The zero-order valence-electron chi connectivity index (χ0n) is 13.1. The molecule has 0 saturated carbocycles. The number of para-hydroxylation sites is 1. The fourth-order valence-electron chi connectivity index (χ4n) is 2.62. The molecule has 2 aromatic carbocycles. The first-order chi connectivity index (χ1) is 11.3. The second-order valence-corrected chi connectivity index (χ2v) is 5.45. The van der Waals surface area contributed by atoms with Gasteiger partial charge in [-0.1, -0.05) is 30.3 Å². The number of hydrogen-bond acceptors (Lipinski definition) is 3. The number of Topliss-reactive ketones (excluding diaryl/α,β-unsaturated/α-hetero) is 1. The van der Waals surface area contributed by atoms with E-state index in [0.29, 0.717) is 6.54 Å². The van der Waals surface area contributed by atoms with E-state index in [0.717, 1.165) is 35.2 Å². The first-order valence-corrected chi connectivity index (χ1v) is 7.71. The fraction of sp³-hybridized carbons (Fsp3) is 0.211. The highest BCUT2D eigenvalue weighted by atomic mass is 16.5. The Hall–Kier alpha value is -2.59. The van der Waals surface area contributed by atoms with Crippen LogP contribution >= 0.6 is 0 Å². The van der Waals surface area contributed by atoms with Crippen molar-refractivity contribution in [1.29, 1.82) is 0 Å². The van der Waals surface area contributed by atoms with Gasteiger partial charge in [0, 0.05) is 22.7 Å². The Balaban J connectivity index is 1.51. The number of benzene rings is 2. The van der Waals surface area contributed by atoms with Crippen molar-refractivity contribution >= 4 is 16.7 Å². The molecule has 0 atom stereocenters. The van der Waals surface area contributed by atoms with Crippen molar-refractivity contribution in [3.63, 3.8) is 0 Å². The van der Waals surface area contributed by atoms with Crippen molar-refractivity contribution in [3.05, 3.63) is 65.9 Å². The molecule has 0 aliphatic carbocycles. The zero-order valence-corrected chi connectivity index (χ0v) is 13.1. The molecule has 0 aliphatic heterocycles. The predicted molar refractivity (Wildman–Crippen MR) is 92.2 cm³/mol. The number of aromatic nitrogens is 1. The fourth-order valence-corrected chi connectivity index (χ4v) is 2.62. The van der Waals surface area contributed by atoms with Gasteiger partial charge in [-0.15, -0.1) is 0 Å². The SMILES string of the molecule is COc1ccc(CCNCC(=O)c2c[nH]c3ccccc23)cc1. The number of H-pyrrole nitrogens is 1. The lowest BCUT2D eigenvalue weighted by atomic mass is 10.1. The van der Waals surface area contributed by atoms with Gasteiger partial charge in [0.15, 0.2) is 5.78 Å². The van der Waals surface area contributed by atoms with E-state index in [1.165, 1.54) is 5.56 Å². The summed E-state index contributed by atoms with van der Waals surface area (Å²) in [5.41, 5.74) is 2.96. The van der Waals surface area contributed by atoms with Crippen molar-refractivity contribution in [1.82, 2.24) is 10.3 Å². The van der Waals surface area contributed by atoms with Gasteiger partial charge in [-0.2, -0.15) is 0 Å². The van der Waals surface area contributed by atoms with Crippen LogP contribution < -0.4 is 10.1 Å². The number of ketones is 1. The molecule has 1 heterocycles. The molecule has 3 rings (SSSR count). The van der Waals surface area contributed by atoms with E-state index in [4.69, 9.17) is 4.74 Å². The maximum Gasteiger partial charge on any atom is 0.178 e. The number of carbonyl (C=O) groups is 1. The van der Waals surface area contributed by atoms with Gasteiger partial charge >= 0.3 is 0 Å². The highest BCUT2D eigenvalue weighted by Crippen LogP contribution is 2.17. The smallest absolute Gasteiger partial charge is 0.178 e. The van der Waals surface area contributed by atoms with Gasteiger partial charge in [0.05, 0.1) is 13.7 Å². The van der Waals surface area contributed by atoms with E-state index in [9.17, 15) is 4.79 Å². The number of carbonyl (C=O) groups excluding carboxylic acids is 1. The number of nitrogens with one attached hydrogen (secondary N) is 2. The summed E-state index contributed by atoms with van der Waals surface area (Å²) in [5, 5.41) is 4.20. The lowest BCUT2D eigenvalue weighted by Gasteiger charge is -2.05. The molecule has 4 nitrogen and oxygen atoms in total. The summed E-state index contributed by atoms with van der Waals surface area (Å²) in [6, 6.07) is 15.8. The maximum absolute atomic E-state index is 12.3. The van der Waals surface area contributed by atoms with Crippen LogP contribution in [-0.4, -0.2) is 31.0 Å². The number of rotatable bonds is 7. The predicted octanol–water partition coefficient (Wildman–Crippen LogP) is 3.19. The van der Waals surface area contributed by atoms with Crippen LogP contribution in [0.2, 0.25) is 0 Å². The average Bonchev–Trinajstić information content (AvgIpc) is 3.03. The lowest BCUT2D eigenvalue weighted by molar-refractivity contribution is 0.0993. The lowest BCUT2D eigenvalue weighted by Crippen LogP contribution is -2.25. The zero-order chi connectivity index (χ0) is 16.1. The molecule has 0 radical (unpaired) electrons. The highest BCUT2D eigenvalue weighted by molar-refractivity contribution is 6.08. The number of ether oxygens (including phenoxy) is 1. The van der Waals surface area contributed by atoms with Gasteiger partial charge in [-0.3, -0.25) is 4.79 Å². The summed E-state index contributed by atoms with van der Waals surface area (Å²) in [6.07, 6.45) is 2.67. The van der Waals surface area contributed by atoms with E-state index >= 15 is 0 Å². The topological polar surface area (TPSA) is 54.1 Å². The Morgan fingerprint density at radius 1 is 1.13 bits per heavy atom. The molecule has 0 fully saturated rings. The van der Waals surface area contributed by atoms with Crippen LogP contribution in [0.1, 0.15) is 15.9 Å². The van der Waals surface area contributed by atoms with Crippen molar-refractivity contribution in [2.24, 2.45) is 0 Å². The van der Waals surface area contributed by atoms with Crippen LogP contribution in [-0.2, 0) is 6.42 Å². The summed E-state index contributed by atoms with van der Waals surface area (Å²) in [5.74, 6) is 0.966. The van der Waals surface area contributed by atoms with E-state index in [-0.39, 0.29) is 5.78 Å². The highest BCUT2D eigenvalue weighted by Gasteiger charge is 2.10. The van der Waals surface area contributed by atoms with Crippen LogP contribution in [0.15, 0.2) is 54.7 Å². The van der Waals surface area contributed by atoms with Gasteiger partial charge in [0.2, 0.25) is 0 Å². The van der Waals surface area contributed by atoms with Crippen LogP contribution in [0.5, 0.6) is 5.75 Å². The van der Waals surface area contributed by atoms with Crippen LogP contribution in [0.4, 0.5) is 0 Å². The molecule has 1 aromatic heterocycles. The second-order valence-electron chi connectivity index (χ2n) is 5.45. The largest absolute Gasteiger partial charge is 0.497 e. The van der Waals surface area contributed by atoms with E-state index in [1.807, 2.05) is 48.5 Å². The minimum Gasteiger partial charge on any atom is -0.497 e.